The van der Waals surface area contributed by atoms with Crippen LogP contribution in [0.1, 0.15) is 69.9 Å². The van der Waals surface area contributed by atoms with Crippen LogP contribution in [0.5, 0.6) is 0 Å². The smallest absolute Gasteiger partial charge is 0.450 e. The van der Waals surface area contributed by atoms with Gasteiger partial charge in [-0.15, -0.1) is 0 Å². The van der Waals surface area contributed by atoms with Gasteiger partial charge < -0.3 is 29.7 Å². The molecule has 5 atom stereocenters. The number of amides is 2. The summed E-state index contributed by atoms with van der Waals surface area (Å²) in [6.07, 6.45) is 28.5. The number of piperidine rings is 2. The SMILES string of the molecule is C1=CCCC=C1.C=Cc1ccccc1.CCNCNC(=O)OCC.CCOC(=O)N1CC2C=CC1CC2.CN1CC2C=CC1C(c1ccccc1)C2.COC(=O)[n+]1ccccc1.O=C=O.O=C=O. The first-order valence-electron chi connectivity index (χ1n) is 22.8. The summed E-state index contributed by atoms with van der Waals surface area (Å²) in [7, 11) is 3.60. The van der Waals surface area contributed by atoms with Crippen molar-refractivity contribution in [3.63, 3.8) is 0 Å². The fourth-order valence-electron chi connectivity index (χ4n) is 7.34. The lowest BCUT2D eigenvalue weighted by molar-refractivity contribution is -0.585. The summed E-state index contributed by atoms with van der Waals surface area (Å²) in [5, 5.41) is 5.44. The van der Waals surface area contributed by atoms with Crippen LogP contribution in [0.3, 0.4) is 0 Å². The second kappa shape index (κ2) is 38.1. The van der Waals surface area contributed by atoms with Gasteiger partial charge in [-0.2, -0.15) is 24.0 Å². The van der Waals surface area contributed by atoms with Crippen LogP contribution in [0.25, 0.3) is 6.08 Å². The highest BCUT2D eigenvalue weighted by atomic mass is 16.6. The Morgan fingerprint density at radius 1 is 0.765 bits per heavy atom. The molecule has 2 amide bonds. The van der Waals surface area contributed by atoms with Gasteiger partial charge in [0, 0.05) is 37.2 Å². The normalized spacial score (nSPS) is 19.0. The number of ether oxygens (including phenoxy) is 3. The highest BCUT2D eigenvalue weighted by Crippen LogP contribution is 2.39. The molecule has 4 aliphatic heterocycles. The molecule has 3 aromatic rings. The van der Waals surface area contributed by atoms with Gasteiger partial charge >= 0.3 is 30.6 Å². The van der Waals surface area contributed by atoms with Crippen molar-refractivity contribution in [2.45, 2.75) is 70.9 Å². The largest absolute Gasteiger partial charge is 0.601 e. The number of hydrogen-bond donors (Lipinski definition) is 2. The molecule has 15 nitrogen and oxygen atoms in total. The average Bonchev–Trinajstić information content (AvgIpc) is 3.39. The summed E-state index contributed by atoms with van der Waals surface area (Å²) in [6, 6.07) is 27.3. The van der Waals surface area contributed by atoms with Gasteiger partial charge in [-0.1, -0.05) is 139 Å². The van der Waals surface area contributed by atoms with Crippen molar-refractivity contribution in [1.29, 1.82) is 0 Å². The number of carbonyl (C=O) groups excluding carboxylic acids is 7. The minimum absolute atomic E-state index is 0.151. The zero-order valence-corrected chi connectivity index (χ0v) is 40.2. The molecule has 0 saturated carbocycles. The van der Waals surface area contributed by atoms with Gasteiger partial charge in [0.25, 0.3) is 0 Å². The molecule has 7 aliphatic rings. The molecule has 15 heteroatoms. The Balaban J connectivity index is 0.000000406. The van der Waals surface area contributed by atoms with Crippen molar-refractivity contribution in [3.8, 4) is 0 Å². The molecule has 2 N–H and O–H groups in total. The summed E-state index contributed by atoms with van der Waals surface area (Å²) < 4.78 is 15.4. The monoisotopic (exact) mass is 937 g/mol. The van der Waals surface area contributed by atoms with Crippen LogP contribution in [0.4, 0.5) is 14.4 Å². The number of rotatable bonds is 7. The Labute approximate surface area is 402 Å². The first-order chi connectivity index (χ1) is 33.1. The number of nitrogens with one attached hydrogen (secondary N) is 2. The fourth-order valence-corrected chi connectivity index (χ4v) is 7.34. The van der Waals surface area contributed by atoms with Crippen molar-refractivity contribution in [3.05, 3.63) is 158 Å². The molecule has 10 rings (SSSR count). The lowest BCUT2D eigenvalue weighted by Gasteiger charge is -2.45. The molecular formula is C53H70N5O10+. The molecule has 1 aromatic heterocycles. The minimum Gasteiger partial charge on any atom is -0.450 e. The number of hydrogen-bond acceptors (Lipinski definition) is 12. The van der Waals surface area contributed by atoms with Gasteiger partial charge in [-0.3, -0.25) is 4.90 Å². The molecule has 2 aromatic carbocycles. The van der Waals surface area contributed by atoms with Gasteiger partial charge in [0.05, 0.1) is 33.0 Å². The summed E-state index contributed by atoms with van der Waals surface area (Å²) in [6.45, 7) is 13.5. The number of likely N-dealkylation sites (N-methyl/N-ethyl adjacent to an activating group) is 1. The van der Waals surface area contributed by atoms with Crippen LogP contribution in [-0.2, 0) is 33.4 Å². The third-order valence-corrected chi connectivity index (χ3v) is 10.5. The van der Waals surface area contributed by atoms with E-state index in [4.69, 9.17) is 23.9 Å². The van der Waals surface area contributed by atoms with E-state index in [9.17, 15) is 14.4 Å². The molecule has 4 bridgehead atoms. The zero-order chi connectivity index (χ0) is 50.2. The van der Waals surface area contributed by atoms with Gasteiger partial charge in [0.2, 0.25) is 0 Å². The van der Waals surface area contributed by atoms with Crippen LogP contribution in [0.15, 0.2) is 146 Å². The summed E-state index contributed by atoms with van der Waals surface area (Å²) in [4.78, 5) is 69.6. The van der Waals surface area contributed by atoms with Crippen molar-refractivity contribution in [1.82, 2.24) is 20.4 Å². The highest BCUT2D eigenvalue weighted by Gasteiger charge is 2.36. The van der Waals surface area contributed by atoms with Crippen LogP contribution >= 0.6 is 0 Å². The Morgan fingerprint density at radius 3 is 1.76 bits per heavy atom. The maximum Gasteiger partial charge on any atom is 0.601 e. The van der Waals surface area contributed by atoms with Crippen LogP contribution < -0.4 is 15.2 Å². The Hall–Kier alpha value is -7.02. The van der Waals surface area contributed by atoms with Gasteiger partial charge in [0.15, 0.2) is 12.4 Å². The van der Waals surface area contributed by atoms with E-state index in [0.717, 1.165) is 25.4 Å². The summed E-state index contributed by atoms with van der Waals surface area (Å²) in [5.74, 6) is 2.04. The molecule has 5 heterocycles. The zero-order valence-electron chi connectivity index (χ0n) is 40.2. The number of aromatic nitrogens is 1. The first-order valence-corrected chi connectivity index (χ1v) is 22.8. The van der Waals surface area contributed by atoms with E-state index >= 15 is 0 Å². The Bertz CT molecular complexity index is 2010. The molecular weight excluding hydrogens is 867 g/mol. The van der Waals surface area contributed by atoms with E-state index in [2.05, 4.69) is 118 Å². The summed E-state index contributed by atoms with van der Waals surface area (Å²) >= 11 is 0. The number of allylic oxidation sites excluding steroid dienone is 4. The molecule has 3 aliphatic carbocycles. The van der Waals surface area contributed by atoms with E-state index in [-0.39, 0.29) is 30.6 Å². The number of alkyl carbamates (subject to hydrolysis) is 1. The van der Waals surface area contributed by atoms with E-state index in [0.29, 0.717) is 43.8 Å². The molecule has 0 spiro atoms. The third kappa shape index (κ3) is 25.0. The van der Waals surface area contributed by atoms with Crippen molar-refractivity contribution in [2.75, 3.05) is 53.7 Å². The van der Waals surface area contributed by atoms with Crippen LogP contribution in [-0.4, -0.2) is 106 Å². The molecule has 68 heavy (non-hydrogen) atoms. The Kier molecular flexibility index (Phi) is 33.1. The number of fused-ring (bicyclic) bond motifs is 4. The highest BCUT2D eigenvalue weighted by molar-refractivity contribution is 5.69. The molecule has 2 saturated heterocycles. The van der Waals surface area contributed by atoms with Crippen molar-refractivity contribution < 1.29 is 52.3 Å². The average molecular weight is 937 g/mol. The maximum atomic E-state index is 11.5. The van der Waals surface area contributed by atoms with Gasteiger partial charge in [0.1, 0.15) is 0 Å². The van der Waals surface area contributed by atoms with Crippen molar-refractivity contribution >= 4 is 36.7 Å². The number of nitrogens with zero attached hydrogens (tertiary/aromatic N) is 3. The van der Waals surface area contributed by atoms with E-state index in [1.165, 1.54) is 55.0 Å². The predicted octanol–water partition coefficient (Wildman–Crippen LogP) is 8.40. The van der Waals surface area contributed by atoms with Gasteiger partial charge in [-0.25, -0.2) is 9.59 Å². The molecule has 5 unspecified atom stereocenters. The third-order valence-electron chi connectivity index (χ3n) is 10.5. The molecule has 2 fully saturated rings. The number of carbonyl (C=O) groups is 3. The number of pyridine rings is 1. The number of benzene rings is 2. The lowest BCUT2D eigenvalue weighted by atomic mass is 9.75. The number of methoxy groups -OCH3 is 1. The van der Waals surface area contributed by atoms with E-state index < -0.39 is 0 Å². The van der Waals surface area contributed by atoms with Crippen LogP contribution in [0, 0.1) is 11.8 Å². The topological polar surface area (TPSA) is 182 Å². The quantitative estimate of drug-likeness (QED) is 0.0760. The standard InChI is InChI=1S/C14H17N.C10H15NO2.C8H8.C7H8NO2.C6H14N2O2.C6H8.2CO2/c1-15-10-11-7-8-14(15)13(9-11)12-5-3-2-4-6-12;1-2-13-10(12)11-7-8-3-5-9(11)6-4-8;1-2-8-6-4-3-5-7-8;1-10-7(9)8-5-3-2-4-6-8;1-3-7-5-8-6(9)10-4-2;1-2-4-6-5-3-1;2*2-1-3/h2-8,11,13-14H,9-10H2,1H3;3,5,8-9H,2,4,6-7H2,1H3;2-7H,1H2;2-6H,1H3;7H,3-5H2,1-2H3,(H,8,9);1-4H,5-6H2;;/q;;;+1;;;;. The Morgan fingerprint density at radius 2 is 1.34 bits per heavy atom. The van der Waals surface area contributed by atoms with E-state index in [1.54, 1.807) is 31.5 Å². The maximum absolute atomic E-state index is 11.5. The van der Waals surface area contributed by atoms with Crippen LogP contribution in [0.2, 0.25) is 0 Å². The fraction of sp³-hybridized carbons (Fsp3) is 0.396. The summed E-state index contributed by atoms with van der Waals surface area (Å²) in [5.41, 5.74) is 2.68. The molecule has 0 radical (unpaired) electrons. The minimum atomic E-state index is -0.374. The lowest BCUT2D eigenvalue weighted by Crippen LogP contribution is -2.48. The van der Waals surface area contributed by atoms with E-state index in [1.807, 2.05) is 61.2 Å². The second-order valence-electron chi connectivity index (χ2n) is 15.1. The predicted molar refractivity (Wildman–Crippen MR) is 259 cm³/mol. The first kappa shape index (κ1) is 59.0. The van der Waals surface area contributed by atoms with Gasteiger partial charge in [-0.05, 0) is 82.5 Å². The molecule has 366 valence electrons. The van der Waals surface area contributed by atoms with Crippen molar-refractivity contribution in [2.24, 2.45) is 11.8 Å². The second-order valence-corrected chi connectivity index (χ2v) is 15.1.